The minimum absolute atomic E-state index is 0.0452. The van der Waals surface area contributed by atoms with Gasteiger partial charge in [0.2, 0.25) is 0 Å². The lowest BCUT2D eigenvalue weighted by molar-refractivity contribution is 0.0697. The molecule has 31 heavy (non-hydrogen) atoms. The van der Waals surface area contributed by atoms with Gasteiger partial charge in [-0.05, 0) is 48.5 Å². The van der Waals surface area contributed by atoms with Crippen molar-refractivity contribution in [3.63, 3.8) is 0 Å². The molecule has 0 aliphatic carbocycles. The number of sulfonamides is 1. The molecule has 1 heterocycles. The molecule has 2 N–H and O–H groups in total. The van der Waals surface area contributed by atoms with Gasteiger partial charge in [-0.1, -0.05) is 24.0 Å². The molecule has 1 aliphatic heterocycles. The van der Waals surface area contributed by atoms with Gasteiger partial charge in [-0.3, -0.25) is 4.72 Å². The van der Waals surface area contributed by atoms with Gasteiger partial charge in [-0.15, -0.1) is 0 Å². The maximum absolute atomic E-state index is 12.9. The van der Waals surface area contributed by atoms with Crippen LogP contribution in [0.2, 0.25) is 0 Å². The lowest BCUT2D eigenvalue weighted by Gasteiger charge is -2.19. The van der Waals surface area contributed by atoms with Gasteiger partial charge in [0.15, 0.2) is 11.5 Å². The van der Waals surface area contributed by atoms with Crippen molar-refractivity contribution in [2.24, 2.45) is 0 Å². The Bertz CT molecular complexity index is 1300. The van der Waals surface area contributed by atoms with Crippen LogP contribution in [0.1, 0.15) is 21.5 Å². The van der Waals surface area contributed by atoms with E-state index in [-0.39, 0.29) is 10.5 Å². The highest BCUT2D eigenvalue weighted by atomic mass is 32.2. The van der Waals surface area contributed by atoms with E-state index in [1.165, 1.54) is 24.3 Å². The number of aromatic carboxylic acids is 1. The summed E-state index contributed by atoms with van der Waals surface area (Å²) in [7, 11) is -3.89. The van der Waals surface area contributed by atoms with E-state index in [1.54, 1.807) is 42.5 Å². The second-order valence-electron chi connectivity index (χ2n) is 6.59. The van der Waals surface area contributed by atoms with E-state index in [4.69, 9.17) is 14.6 Å². The summed E-state index contributed by atoms with van der Waals surface area (Å²) in [6.07, 6.45) is 0. The first-order chi connectivity index (χ1) is 14.9. The van der Waals surface area contributed by atoms with E-state index in [1.807, 2.05) is 0 Å². The van der Waals surface area contributed by atoms with Crippen molar-refractivity contribution in [2.45, 2.75) is 4.90 Å². The number of carboxylic acid groups (broad SMARTS) is 1. The Hall–Kier alpha value is -3.96. The first kappa shape index (κ1) is 20.3. The summed E-state index contributed by atoms with van der Waals surface area (Å²) in [4.78, 5) is 11.0. The van der Waals surface area contributed by atoms with Crippen LogP contribution in [0.3, 0.4) is 0 Å². The molecular formula is C23H17NO6S. The van der Waals surface area contributed by atoms with Gasteiger partial charge in [0.1, 0.15) is 13.2 Å². The van der Waals surface area contributed by atoms with Crippen LogP contribution in [-0.4, -0.2) is 32.7 Å². The summed E-state index contributed by atoms with van der Waals surface area (Å²) >= 11 is 0. The number of nitrogens with one attached hydrogen (secondary N) is 1. The quantitative estimate of drug-likeness (QED) is 0.610. The van der Waals surface area contributed by atoms with Crippen molar-refractivity contribution in [3.05, 3.63) is 83.4 Å². The number of anilines is 1. The Labute approximate surface area is 179 Å². The van der Waals surface area contributed by atoms with E-state index in [9.17, 15) is 13.2 Å². The van der Waals surface area contributed by atoms with Gasteiger partial charge in [-0.25, -0.2) is 13.2 Å². The zero-order chi connectivity index (χ0) is 21.8. The standard InChI is InChI=1S/C23H17NO6S/c25-23(26)18-9-6-16(7-10-18)5-8-17-3-1-2-4-20(17)24-31(27,28)19-11-12-21-22(15-19)30-14-13-29-21/h1-4,6-7,9-12,15,24H,13-14H2,(H,25,26). The van der Waals surface area contributed by atoms with Crippen molar-refractivity contribution in [2.75, 3.05) is 17.9 Å². The summed E-state index contributed by atoms with van der Waals surface area (Å²) in [6, 6.07) is 17.3. The Morgan fingerprint density at radius 3 is 2.35 bits per heavy atom. The molecule has 0 unspecified atom stereocenters. The summed E-state index contributed by atoms with van der Waals surface area (Å²) in [5.41, 5.74) is 1.57. The zero-order valence-electron chi connectivity index (χ0n) is 16.2. The second-order valence-corrected chi connectivity index (χ2v) is 8.27. The summed E-state index contributed by atoms with van der Waals surface area (Å²) in [6.45, 7) is 0.776. The SMILES string of the molecule is O=C(O)c1ccc(C#Cc2ccccc2NS(=O)(=O)c2ccc3c(c2)OCCO3)cc1. The number of hydrogen-bond acceptors (Lipinski definition) is 5. The van der Waals surface area contributed by atoms with Crippen molar-refractivity contribution < 1.29 is 27.8 Å². The predicted molar refractivity (Wildman–Crippen MR) is 114 cm³/mol. The molecular weight excluding hydrogens is 418 g/mol. The van der Waals surface area contributed by atoms with Gasteiger partial charge in [0.25, 0.3) is 10.0 Å². The number of carbonyl (C=O) groups is 1. The van der Waals surface area contributed by atoms with Crippen molar-refractivity contribution >= 4 is 21.7 Å². The minimum atomic E-state index is -3.89. The third-order valence-electron chi connectivity index (χ3n) is 4.47. The highest BCUT2D eigenvalue weighted by Crippen LogP contribution is 2.33. The average molecular weight is 435 g/mol. The van der Waals surface area contributed by atoms with Crippen LogP contribution in [0, 0.1) is 11.8 Å². The Balaban J connectivity index is 1.60. The van der Waals surface area contributed by atoms with Crippen molar-refractivity contribution in [1.82, 2.24) is 0 Å². The van der Waals surface area contributed by atoms with Gasteiger partial charge >= 0.3 is 5.97 Å². The number of para-hydroxylation sites is 1. The van der Waals surface area contributed by atoms with Crippen LogP contribution in [0.4, 0.5) is 5.69 Å². The van der Waals surface area contributed by atoms with Crippen LogP contribution >= 0.6 is 0 Å². The number of benzene rings is 3. The first-order valence-electron chi connectivity index (χ1n) is 9.29. The first-order valence-corrected chi connectivity index (χ1v) is 10.8. The molecule has 0 bridgehead atoms. The molecule has 0 amide bonds. The molecule has 0 saturated carbocycles. The molecule has 3 aromatic carbocycles. The highest BCUT2D eigenvalue weighted by molar-refractivity contribution is 7.92. The van der Waals surface area contributed by atoms with Gasteiger partial charge < -0.3 is 14.6 Å². The minimum Gasteiger partial charge on any atom is -0.486 e. The summed E-state index contributed by atoms with van der Waals surface area (Å²) < 4.78 is 39.3. The van der Waals surface area contributed by atoms with Gasteiger partial charge in [-0.2, -0.15) is 0 Å². The zero-order valence-corrected chi connectivity index (χ0v) is 17.0. The topological polar surface area (TPSA) is 102 Å². The average Bonchev–Trinajstić information content (AvgIpc) is 2.78. The molecule has 0 saturated heterocycles. The second kappa shape index (κ2) is 8.42. The van der Waals surface area contributed by atoms with Crippen molar-refractivity contribution in [3.8, 4) is 23.3 Å². The maximum Gasteiger partial charge on any atom is 0.335 e. The van der Waals surface area contributed by atoms with E-state index in [2.05, 4.69) is 16.6 Å². The largest absolute Gasteiger partial charge is 0.486 e. The summed E-state index contributed by atoms with van der Waals surface area (Å²) in [5.74, 6) is 5.72. The number of fused-ring (bicyclic) bond motifs is 1. The van der Waals surface area contributed by atoms with Crippen LogP contribution in [0.5, 0.6) is 11.5 Å². The van der Waals surface area contributed by atoms with Gasteiger partial charge in [0.05, 0.1) is 16.1 Å². The fourth-order valence-electron chi connectivity index (χ4n) is 2.91. The molecule has 7 nitrogen and oxygen atoms in total. The molecule has 0 atom stereocenters. The molecule has 8 heteroatoms. The van der Waals surface area contributed by atoms with Crippen molar-refractivity contribution in [1.29, 1.82) is 0 Å². The molecule has 1 aliphatic rings. The number of hydrogen-bond donors (Lipinski definition) is 2. The number of carboxylic acids is 1. The van der Waals surface area contributed by atoms with E-state index >= 15 is 0 Å². The Morgan fingerprint density at radius 2 is 1.61 bits per heavy atom. The molecule has 0 spiro atoms. The third-order valence-corrected chi connectivity index (χ3v) is 5.83. The molecule has 156 valence electrons. The third kappa shape index (κ3) is 4.63. The maximum atomic E-state index is 12.9. The fourth-order valence-corrected chi connectivity index (χ4v) is 4.01. The van der Waals surface area contributed by atoms with E-state index < -0.39 is 16.0 Å². The predicted octanol–water partition coefficient (Wildman–Crippen LogP) is 3.36. The number of ether oxygens (including phenoxy) is 2. The Morgan fingerprint density at radius 1 is 0.903 bits per heavy atom. The van der Waals surface area contributed by atoms with Gasteiger partial charge in [0, 0.05) is 17.2 Å². The molecule has 3 aromatic rings. The molecule has 0 radical (unpaired) electrons. The molecule has 4 rings (SSSR count). The smallest absolute Gasteiger partial charge is 0.335 e. The number of rotatable bonds is 4. The monoisotopic (exact) mass is 435 g/mol. The van der Waals surface area contributed by atoms with Crippen LogP contribution in [-0.2, 0) is 10.0 Å². The van der Waals surface area contributed by atoms with E-state index in [0.29, 0.717) is 41.5 Å². The van der Waals surface area contributed by atoms with Crippen LogP contribution in [0.25, 0.3) is 0 Å². The lowest BCUT2D eigenvalue weighted by Crippen LogP contribution is -2.17. The van der Waals surface area contributed by atoms with Crippen LogP contribution < -0.4 is 14.2 Å². The Kier molecular flexibility index (Phi) is 5.52. The lowest BCUT2D eigenvalue weighted by atomic mass is 10.1. The summed E-state index contributed by atoms with van der Waals surface area (Å²) in [5, 5.41) is 8.97. The van der Waals surface area contributed by atoms with Crippen LogP contribution in [0.15, 0.2) is 71.6 Å². The molecule has 0 aromatic heterocycles. The van der Waals surface area contributed by atoms with E-state index in [0.717, 1.165) is 0 Å². The fraction of sp³-hybridized carbons (Fsp3) is 0.0870. The normalized spacial score (nSPS) is 12.4. The molecule has 0 fully saturated rings. The highest BCUT2D eigenvalue weighted by Gasteiger charge is 2.20.